The molecule has 0 spiro atoms. The normalized spacial score (nSPS) is 18.2. The van der Waals surface area contributed by atoms with E-state index in [-0.39, 0.29) is 11.9 Å². The summed E-state index contributed by atoms with van der Waals surface area (Å²) in [6.45, 7) is 3.76. The first-order valence-corrected chi connectivity index (χ1v) is 11.5. The molecule has 7 nitrogen and oxygen atoms in total. The molecule has 0 unspecified atom stereocenters. The third kappa shape index (κ3) is 4.49. The molecule has 1 amide bonds. The lowest BCUT2D eigenvalue weighted by atomic mass is 10.1. The number of rotatable bonds is 7. The number of hydrogen-bond donors (Lipinski definition) is 1. The van der Waals surface area contributed by atoms with Crippen LogP contribution in [0.2, 0.25) is 0 Å². The Morgan fingerprint density at radius 3 is 2.91 bits per heavy atom. The van der Waals surface area contributed by atoms with Crippen LogP contribution in [0.4, 0.5) is 0 Å². The molecule has 0 saturated carbocycles. The van der Waals surface area contributed by atoms with E-state index in [1.165, 1.54) is 0 Å². The summed E-state index contributed by atoms with van der Waals surface area (Å²) in [4.78, 5) is 15.0. The summed E-state index contributed by atoms with van der Waals surface area (Å²) >= 11 is 0. The Morgan fingerprint density at radius 2 is 2.09 bits per heavy atom. The molecule has 2 atom stereocenters. The van der Waals surface area contributed by atoms with Crippen molar-refractivity contribution in [1.29, 1.82) is 0 Å². The molecule has 2 aromatic heterocycles. The maximum atomic E-state index is 13.0. The standard InChI is InChI=1S/C26H29N5O2/c1-18-10-20(16-30(18)26(32)9-6-19-4-3-5-24(11-19)33-2)17-31-25-8-7-21(12-22(25)15-29-31)23-13-27-28-14-23/h3-5,7-8,11-15,18,20H,6,9-10,16-17H2,1-2H3,(H,27,28)/t18-,20-/m1/s1. The van der Waals surface area contributed by atoms with Gasteiger partial charge in [-0.15, -0.1) is 0 Å². The van der Waals surface area contributed by atoms with Crippen molar-refractivity contribution in [2.75, 3.05) is 13.7 Å². The van der Waals surface area contributed by atoms with Gasteiger partial charge in [-0.25, -0.2) is 0 Å². The van der Waals surface area contributed by atoms with Gasteiger partial charge in [-0.3, -0.25) is 14.6 Å². The van der Waals surface area contributed by atoms with E-state index in [1.54, 1.807) is 7.11 Å². The number of carbonyl (C=O) groups excluding carboxylic acids is 1. The Bertz CT molecular complexity index is 1250. The molecule has 3 heterocycles. The number of aryl methyl sites for hydroxylation is 1. The van der Waals surface area contributed by atoms with Crippen LogP contribution < -0.4 is 4.74 Å². The average molecular weight is 444 g/mol. The second-order valence-electron chi connectivity index (χ2n) is 8.94. The fraction of sp³-hybridized carbons (Fsp3) is 0.346. The van der Waals surface area contributed by atoms with E-state index in [0.717, 1.165) is 59.3 Å². The number of ether oxygens (including phenoxy) is 1. The van der Waals surface area contributed by atoms with Crippen LogP contribution in [0, 0.1) is 5.92 Å². The Morgan fingerprint density at radius 1 is 1.18 bits per heavy atom. The van der Waals surface area contributed by atoms with Gasteiger partial charge in [0.15, 0.2) is 0 Å². The Hall–Kier alpha value is -3.61. The molecular weight excluding hydrogens is 414 g/mol. The smallest absolute Gasteiger partial charge is 0.223 e. The van der Waals surface area contributed by atoms with Crippen molar-refractivity contribution < 1.29 is 9.53 Å². The molecule has 1 aliphatic heterocycles. The van der Waals surface area contributed by atoms with Crippen molar-refractivity contribution in [3.05, 3.63) is 66.6 Å². The van der Waals surface area contributed by atoms with Gasteiger partial charge >= 0.3 is 0 Å². The van der Waals surface area contributed by atoms with E-state index >= 15 is 0 Å². The van der Waals surface area contributed by atoms with E-state index in [1.807, 2.05) is 47.8 Å². The molecule has 1 saturated heterocycles. The lowest BCUT2D eigenvalue weighted by Crippen LogP contribution is -2.34. The molecule has 33 heavy (non-hydrogen) atoms. The molecule has 1 aliphatic rings. The molecule has 0 bridgehead atoms. The number of hydrogen-bond acceptors (Lipinski definition) is 4. The third-order valence-electron chi connectivity index (χ3n) is 6.65. The lowest BCUT2D eigenvalue weighted by molar-refractivity contribution is -0.131. The summed E-state index contributed by atoms with van der Waals surface area (Å²) in [5.41, 5.74) is 4.44. The number of H-pyrrole nitrogens is 1. The van der Waals surface area contributed by atoms with Gasteiger partial charge in [-0.05, 0) is 61.1 Å². The van der Waals surface area contributed by atoms with Crippen LogP contribution in [0.5, 0.6) is 5.75 Å². The van der Waals surface area contributed by atoms with Crippen LogP contribution in [0.15, 0.2) is 61.1 Å². The van der Waals surface area contributed by atoms with Gasteiger partial charge in [-0.2, -0.15) is 10.2 Å². The van der Waals surface area contributed by atoms with Crippen molar-refractivity contribution in [2.24, 2.45) is 5.92 Å². The summed E-state index contributed by atoms with van der Waals surface area (Å²) in [7, 11) is 1.66. The summed E-state index contributed by atoms with van der Waals surface area (Å²) in [5, 5.41) is 12.7. The topological polar surface area (TPSA) is 76.0 Å². The van der Waals surface area contributed by atoms with E-state index < -0.39 is 0 Å². The second kappa shape index (κ2) is 9.10. The van der Waals surface area contributed by atoms with Gasteiger partial charge in [0.2, 0.25) is 5.91 Å². The fourth-order valence-corrected chi connectivity index (χ4v) is 4.91. The molecule has 1 N–H and O–H groups in total. The van der Waals surface area contributed by atoms with E-state index in [2.05, 4.69) is 45.1 Å². The Kier molecular flexibility index (Phi) is 5.86. The van der Waals surface area contributed by atoms with Crippen molar-refractivity contribution in [3.8, 4) is 16.9 Å². The minimum absolute atomic E-state index is 0.225. The number of benzene rings is 2. The molecule has 2 aromatic carbocycles. The zero-order valence-corrected chi connectivity index (χ0v) is 19.1. The molecule has 0 aliphatic carbocycles. The predicted molar refractivity (Wildman–Crippen MR) is 128 cm³/mol. The maximum Gasteiger partial charge on any atom is 0.223 e. The van der Waals surface area contributed by atoms with Gasteiger partial charge in [-0.1, -0.05) is 18.2 Å². The van der Waals surface area contributed by atoms with Crippen LogP contribution in [-0.4, -0.2) is 50.5 Å². The van der Waals surface area contributed by atoms with Gasteiger partial charge in [0.25, 0.3) is 0 Å². The van der Waals surface area contributed by atoms with Crippen molar-refractivity contribution in [1.82, 2.24) is 24.9 Å². The molecular formula is C26H29N5O2. The minimum Gasteiger partial charge on any atom is -0.497 e. The second-order valence-corrected chi connectivity index (χ2v) is 8.94. The highest BCUT2D eigenvalue weighted by Crippen LogP contribution is 2.28. The zero-order chi connectivity index (χ0) is 22.8. The number of nitrogens with zero attached hydrogens (tertiary/aromatic N) is 4. The minimum atomic E-state index is 0.225. The van der Waals surface area contributed by atoms with Crippen LogP contribution in [-0.2, 0) is 17.8 Å². The quantitative estimate of drug-likeness (QED) is 0.462. The van der Waals surface area contributed by atoms with Crippen molar-refractivity contribution in [2.45, 2.75) is 38.8 Å². The molecule has 1 fully saturated rings. The maximum absolute atomic E-state index is 13.0. The monoisotopic (exact) mass is 443 g/mol. The fourth-order valence-electron chi connectivity index (χ4n) is 4.91. The molecule has 5 rings (SSSR count). The molecule has 4 aromatic rings. The molecule has 0 radical (unpaired) electrons. The van der Waals surface area contributed by atoms with Crippen LogP contribution in [0.25, 0.3) is 22.0 Å². The first kappa shape index (κ1) is 21.2. The number of likely N-dealkylation sites (tertiary alicyclic amines) is 1. The third-order valence-corrected chi connectivity index (χ3v) is 6.65. The number of aromatic amines is 1. The van der Waals surface area contributed by atoms with Crippen molar-refractivity contribution in [3.63, 3.8) is 0 Å². The summed E-state index contributed by atoms with van der Waals surface area (Å²) in [6.07, 6.45) is 7.89. The van der Waals surface area contributed by atoms with E-state index in [4.69, 9.17) is 4.74 Å². The predicted octanol–water partition coefficient (Wildman–Crippen LogP) is 4.30. The average Bonchev–Trinajstić information content (AvgIpc) is 3.58. The summed E-state index contributed by atoms with van der Waals surface area (Å²) in [5.74, 6) is 1.46. The van der Waals surface area contributed by atoms with Gasteiger partial charge < -0.3 is 9.64 Å². The first-order valence-electron chi connectivity index (χ1n) is 11.5. The van der Waals surface area contributed by atoms with E-state index in [9.17, 15) is 4.79 Å². The van der Waals surface area contributed by atoms with Crippen LogP contribution >= 0.6 is 0 Å². The van der Waals surface area contributed by atoms with E-state index in [0.29, 0.717) is 12.3 Å². The highest BCUT2D eigenvalue weighted by molar-refractivity contribution is 5.84. The SMILES string of the molecule is COc1cccc(CCC(=O)N2C[C@H](Cn3ncc4cc(-c5cn[nH]c5)ccc43)C[C@H]2C)c1. The number of amides is 1. The Balaban J connectivity index is 1.22. The van der Waals surface area contributed by atoms with Gasteiger partial charge in [0, 0.05) is 42.7 Å². The van der Waals surface area contributed by atoms with Crippen LogP contribution in [0.3, 0.4) is 0 Å². The number of methoxy groups -OCH3 is 1. The highest BCUT2D eigenvalue weighted by atomic mass is 16.5. The summed E-state index contributed by atoms with van der Waals surface area (Å²) in [6, 6.07) is 14.6. The highest BCUT2D eigenvalue weighted by Gasteiger charge is 2.32. The summed E-state index contributed by atoms with van der Waals surface area (Å²) < 4.78 is 7.37. The van der Waals surface area contributed by atoms with Gasteiger partial charge in [0.1, 0.15) is 5.75 Å². The van der Waals surface area contributed by atoms with Crippen molar-refractivity contribution >= 4 is 16.8 Å². The number of aromatic nitrogens is 4. The number of fused-ring (bicyclic) bond motifs is 1. The Labute approximate surface area is 193 Å². The largest absolute Gasteiger partial charge is 0.497 e. The van der Waals surface area contributed by atoms with Gasteiger partial charge in [0.05, 0.1) is 25.0 Å². The van der Waals surface area contributed by atoms with Crippen LogP contribution in [0.1, 0.15) is 25.3 Å². The zero-order valence-electron chi connectivity index (χ0n) is 19.1. The molecule has 170 valence electrons. The molecule has 7 heteroatoms. The number of nitrogens with one attached hydrogen (secondary N) is 1. The lowest BCUT2D eigenvalue weighted by Gasteiger charge is -2.21. The number of carbonyl (C=O) groups is 1. The first-order chi connectivity index (χ1) is 16.1.